The van der Waals surface area contributed by atoms with Crippen LogP contribution in [0.4, 0.5) is 5.13 Å². The first kappa shape index (κ1) is 37.7. The first-order chi connectivity index (χ1) is 25.1. The molecule has 15 nitrogen and oxygen atoms in total. The molecule has 2 aromatic carbocycles. The number of nitrogens with one attached hydrogen (secondary N) is 1. The molecule has 4 aromatic rings. The Hall–Kier alpha value is -5.10. The van der Waals surface area contributed by atoms with Crippen LogP contribution in [0.2, 0.25) is 10.0 Å². The van der Waals surface area contributed by atoms with Crippen LogP contribution in [0, 0.1) is 0 Å². The second-order valence-electron chi connectivity index (χ2n) is 12.6. The Morgan fingerprint density at radius 3 is 2.36 bits per heavy atom. The molecule has 2 amide bonds. The monoisotopic (exact) mass is 801 g/mol. The summed E-state index contributed by atoms with van der Waals surface area (Å²) in [5.74, 6) is -4.76. The second kappa shape index (κ2) is 14.7. The number of amides is 2. The topological polar surface area (TPSA) is 229 Å². The van der Waals surface area contributed by atoms with Gasteiger partial charge in [-0.3, -0.25) is 14.5 Å². The molecule has 1 saturated heterocycles. The van der Waals surface area contributed by atoms with Crippen molar-refractivity contribution in [1.82, 2.24) is 15.2 Å². The summed E-state index contributed by atoms with van der Waals surface area (Å²) in [6.07, 6.45) is 4.37. The molecule has 0 radical (unpaired) electrons. The lowest BCUT2D eigenvalue weighted by molar-refractivity contribution is -0.687. The molecule has 19 heteroatoms. The van der Waals surface area contributed by atoms with Gasteiger partial charge in [0.2, 0.25) is 5.60 Å². The molecule has 4 heterocycles. The van der Waals surface area contributed by atoms with Gasteiger partial charge < -0.3 is 36.3 Å². The highest BCUT2D eigenvalue weighted by Crippen LogP contribution is 2.45. The smallest absolute Gasteiger partial charge is 0.352 e. The van der Waals surface area contributed by atoms with Crippen LogP contribution in [0.3, 0.4) is 0 Å². The van der Waals surface area contributed by atoms with Crippen molar-refractivity contribution in [3.8, 4) is 11.5 Å². The molecule has 0 spiro atoms. The van der Waals surface area contributed by atoms with E-state index in [-0.39, 0.29) is 26.6 Å². The first-order valence-corrected chi connectivity index (χ1v) is 18.5. The quantitative estimate of drug-likeness (QED) is 0.0394. The van der Waals surface area contributed by atoms with Crippen molar-refractivity contribution in [3.63, 3.8) is 0 Å². The van der Waals surface area contributed by atoms with E-state index in [0.717, 1.165) is 22.5 Å². The lowest BCUT2D eigenvalue weighted by atomic mass is 9.98. The Morgan fingerprint density at radius 1 is 1.08 bits per heavy atom. The van der Waals surface area contributed by atoms with Crippen molar-refractivity contribution in [2.75, 3.05) is 11.5 Å². The van der Waals surface area contributed by atoms with Gasteiger partial charge in [0.25, 0.3) is 11.8 Å². The van der Waals surface area contributed by atoms with Crippen LogP contribution in [-0.4, -0.2) is 82.5 Å². The average Bonchev–Trinajstić information content (AvgIpc) is 3.56. The van der Waals surface area contributed by atoms with E-state index >= 15 is 0 Å². The minimum Gasteiger partial charge on any atom is -0.503 e. The Bertz CT molecular complexity index is 2240. The van der Waals surface area contributed by atoms with Crippen LogP contribution >= 0.6 is 46.3 Å². The number of carboxylic acids is 2. The third kappa shape index (κ3) is 7.42. The summed E-state index contributed by atoms with van der Waals surface area (Å²) in [4.78, 5) is 61.0. The highest BCUT2D eigenvalue weighted by atomic mass is 35.5. The van der Waals surface area contributed by atoms with Gasteiger partial charge in [0.05, 0.1) is 10.4 Å². The number of thiazole rings is 1. The number of aliphatic carboxylic acids is 2. The number of anilines is 1. The summed E-state index contributed by atoms with van der Waals surface area (Å²) in [5, 5.41) is 47.8. The number of aryl methyl sites for hydroxylation is 1. The zero-order valence-corrected chi connectivity index (χ0v) is 31.0. The number of hydrogen-bond acceptors (Lipinski definition) is 12. The number of carbonyl (C=O) groups excluding carboxylic acids is 2. The second-order valence-corrected chi connectivity index (χ2v) is 15.4. The standard InChI is InChI=1S/C34H30Cl2N6O9S2/c1-34(2,32(49)50)51-40-23(20-14-53-33(37)38-20)28(45)39-24-29(46)42-25(31(47)48)17(13-52-30(24)42)8-7-15-3-5-16(6-4-15)11-41-10-9-18-19(12-41)22(36)27(44)26(43)21(18)35/h3-6,9-10,12,14,24,30H,7-8,11,13H2,1-2H3,(H6,37,38,39,44,45,47,48,49,50)/p+1/b40-23-/t24-,30-/m1/s1. The number of rotatable bonds is 12. The number of carbonyl (C=O) groups is 4. The van der Waals surface area contributed by atoms with E-state index in [1.807, 2.05) is 28.8 Å². The zero-order chi connectivity index (χ0) is 38.4. The fraction of sp³-hybridized carbons (Fsp3) is 0.265. The predicted molar refractivity (Wildman–Crippen MR) is 197 cm³/mol. The summed E-state index contributed by atoms with van der Waals surface area (Å²) < 4.78 is 1.85. The predicted octanol–water partition coefficient (Wildman–Crippen LogP) is 3.89. The fourth-order valence-corrected chi connectivity index (χ4v) is 8.10. The number of phenols is 2. The number of carboxylic acid groups (broad SMARTS) is 2. The number of aromatic nitrogens is 2. The highest BCUT2D eigenvalue weighted by Gasteiger charge is 2.54. The van der Waals surface area contributed by atoms with Gasteiger partial charge in [-0.2, -0.15) is 0 Å². The molecule has 1 fully saturated rings. The molecule has 0 bridgehead atoms. The van der Waals surface area contributed by atoms with Gasteiger partial charge in [0, 0.05) is 28.1 Å². The van der Waals surface area contributed by atoms with E-state index in [1.165, 1.54) is 35.9 Å². The van der Waals surface area contributed by atoms with Gasteiger partial charge in [-0.05, 0) is 37.8 Å². The van der Waals surface area contributed by atoms with Gasteiger partial charge in [-0.15, -0.1) is 23.1 Å². The van der Waals surface area contributed by atoms with E-state index < -0.39 is 58.0 Å². The molecule has 6 rings (SSSR count). The molecule has 7 N–H and O–H groups in total. The molecule has 53 heavy (non-hydrogen) atoms. The number of nitrogens with zero attached hydrogens (tertiary/aromatic N) is 4. The molecular weight excluding hydrogens is 771 g/mol. The number of fused-ring (bicyclic) bond motifs is 2. The molecule has 2 aliphatic heterocycles. The molecule has 2 aliphatic rings. The molecule has 276 valence electrons. The number of halogens is 2. The Morgan fingerprint density at radius 2 is 1.74 bits per heavy atom. The molecule has 0 saturated carbocycles. The summed E-state index contributed by atoms with van der Waals surface area (Å²) in [7, 11) is 0. The summed E-state index contributed by atoms with van der Waals surface area (Å²) in [6, 6.07) is 8.34. The normalized spacial score (nSPS) is 17.4. The molecular formula is C34H31Cl2N6O9S2+. The third-order valence-corrected chi connectivity index (χ3v) is 11.4. The number of hydrogen-bond donors (Lipinski definition) is 6. The highest BCUT2D eigenvalue weighted by molar-refractivity contribution is 8.00. The number of nitrogens with two attached hydrogens (primary N) is 1. The van der Waals surface area contributed by atoms with Gasteiger partial charge in [0.15, 0.2) is 41.3 Å². The van der Waals surface area contributed by atoms with E-state index in [0.29, 0.717) is 41.5 Å². The van der Waals surface area contributed by atoms with Crippen molar-refractivity contribution >= 4 is 91.7 Å². The maximum atomic E-state index is 13.3. The van der Waals surface area contributed by atoms with E-state index in [9.17, 15) is 39.6 Å². The number of oxime groups is 1. The third-order valence-electron chi connectivity index (χ3n) is 8.63. The molecule has 0 aliphatic carbocycles. The van der Waals surface area contributed by atoms with E-state index in [2.05, 4.69) is 15.5 Å². The Kier molecular flexibility index (Phi) is 10.5. The van der Waals surface area contributed by atoms with Crippen molar-refractivity contribution < 1.29 is 49.0 Å². The fourth-order valence-electron chi connectivity index (χ4n) is 5.67. The Balaban J connectivity index is 1.12. The van der Waals surface area contributed by atoms with Gasteiger partial charge in [-0.1, -0.05) is 52.6 Å². The maximum absolute atomic E-state index is 13.3. The van der Waals surface area contributed by atoms with Crippen LogP contribution in [0.25, 0.3) is 10.8 Å². The van der Waals surface area contributed by atoms with Crippen molar-refractivity contribution in [1.29, 1.82) is 0 Å². The zero-order valence-electron chi connectivity index (χ0n) is 27.9. The summed E-state index contributed by atoms with van der Waals surface area (Å²) >= 11 is 14.8. The maximum Gasteiger partial charge on any atom is 0.352 e. The molecule has 0 unspecified atom stereocenters. The lowest BCUT2D eigenvalue weighted by Crippen LogP contribution is -2.71. The van der Waals surface area contributed by atoms with Gasteiger partial charge >= 0.3 is 11.9 Å². The SMILES string of the molecule is CC(C)(O/N=C(\C(=O)N[C@@H]1C(=O)N2C(C(=O)O)=C(CCc3ccc(C[n+]4ccc5c(Cl)c(O)c(O)c(Cl)c5c4)cc3)CS[C@H]12)c1csc(N)n1)C(=O)O. The molecule has 2 atom stereocenters. The minimum atomic E-state index is -1.78. The van der Waals surface area contributed by atoms with E-state index in [1.54, 1.807) is 18.5 Å². The summed E-state index contributed by atoms with van der Waals surface area (Å²) in [6.45, 7) is 2.95. The number of β-lactam (4-membered cyclic amide) rings is 1. The van der Waals surface area contributed by atoms with Crippen molar-refractivity contribution in [2.45, 2.75) is 50.3 Å². The van der Waals surface area contributed by atoms with Crippen LogP contribution < -0.4 is 15.6 Å². The van der Waals surface area contributed by atoms with Crippen molar-refractivity contribution in [3.05, 3.63) is 86.2 Å². The molecule has 2 aromatic heterocycles. The van der Waals surface area contributed by atoms with Gasteiger partial charge in [-0.25, -0.2) is 19.1 Å². The van der Waals surface area contributed by atoms with Gasteiger partial charge in [0.1, 0.15) is 27.8 Å². The summed E-state index contributed by atoms with van der Waals surface area (Å²) in [5.41, 5.74) is 5.89. The Labute approximate surface area is 319 Å². The number of phenolic OH excluding ortho intramolecular Hbond substituents is 2. The number of pyridine rings is 1. The van der Waals surface area contributed by atoms with Crippen LogP contribution in [-0.2, 0) is 37.0 Å². The number of nitrogen functional groups attached to an aromatic ring is 1. The largest absolute Gasteiger partial charge is 0.503 e. The number of benzene rings is 2. The minimum absolute atomic E-state index is 0.000449. The van der Waals surface area contributed by atoms with E-state index in [4.69, 9.17) is 33.8 Å². The van der Waals surface area contributed by atoms with Crippen LogP contribution in [0.1, 0.15) is 37.1 Å². The van der Waals surface area contributed by atoms with Crippen LogP contribution in [0.5, 0.6) is 11.5 Å². The average molecular weight is 803 g/mol. The first-order valence-electron chi connectivity index (χ1n) is 15.8. The van der Waals surface area contributed by atoms with Crippen LogP contribution in [0.15, 0.2) is 64.5 Å². The van der Waals surface area contributed by atoms with Crippen molar-refractivity contribution in [2.24, 2.45) is 5.16 Å². The lowest BCUT2D eigenvalue weighted by Gasteiger charge is -2.49. The number of thioether (sulfide) groups is 1. The number of aromatic hydroxyl groups is 2.